The Morgan fingerprint density at radius 1 is 1.38 bits per heavy atom. The van der Waals surface area contributed by atoms with Gasteiger partial charge in [0.1, 0.15) is 11.3 Å². The lowest BCUT2D eigenvalue weighted by atomic mass is 10.3. The second-order valence-electron chi connectivity index (χ2n) is 3.53. The lowest BCUT2D eigenvalue weighted by Gasteiger charge is -1.86. The van der Waals surface area contributed by atoms with Gasteiger partial charge in [-0.15, -0.1) is 0 Å². The number of hydrogen-bond acceptors (Lipinski definition) is 1. The van der Waals surface area contributed by atoms with E-state index in [-0.39, 0.29) is 5.82 Å². The first-order chi connectivity index (χ1) is 6.34. The molecule has 1 N–H and O–H groups in total. The number of para-hydroxylation sites is 1. The lowest BCUT2D eigenvalue weighted by Crippen LogP contribution is -1.80. The molecule has 1 heterocycles. The molecule has 0 spiro atoms. The maximum Gasteiger partial charge on any atom is 0.151 e. The molecule has 1 aliphatic carbocycles. The summed E-state index contributed by atoms with van der Waals surface area (Å²) in [4.78, 5) is 7.39. The van der Waals surface area contributed by atoms with Gasteiger partial charge in [0.05, 0.1) is 5.52 Å². The Morgan fingerprint density at radius 2 is 2.23 bits per heavy atom. The number of fused-ring (bicyclic) bond motifs is 1. The molecule has 0 atom stereocenters. The topological polar surface area (TPSA) is 28.7 Å². The lowest BCUT2D eigenvalue weighted by molar-refractivity contribution is 0.637. The largest absolute Gasteiger partial charge is 0.342 e. The number of aromatic amines is 1. The van der Waals surface area contributed by atoms with Crippen molar-refractivity contribution in [3.63, 3.8) is 0 Å². The van der Waals surface area contributed by atoms with Crippen LogP contribution in [0.2, 0.25) is 0 Å². The van der Waals surface area contributed by atoms with Crippen LogP contribution in [-0.4, -0.2) is 9.97 Å². The number of hydrogen-bond donors (Lipinski definition) is 1. The van der Waals surface area contributed by atoms with Crippen LogP contribution in [0.5, 0.6) is 0 Å². The molecule has 66 valence electrons. The van der Waals surface area contributed by atoms with E-state index in [0.717, 1.165) is 11.3 Å². The van der Waals surface area contributed by atoms with E-state index in [1.165, 1.54) is 18.9 Å². The highest BCUT2D eigenvalue weighted by Gasteiger charge is 2.27. The summed E-state index contributed by atoms with van der Waals surface area (Å²) in [5, 5.41) is 0. The van der Waals surface area contributed by atoms with Gasteiger partial charge in [0.2, 0.25) is 0 Å². The molecule has 0 aliphatic heterocycles. The molecule has 1 aromatic carbocycles. The quantitative estimate of drug-likeness (QED) is 0.710. The smallest absolute Gasteiger partial charge is 0.151 e. The van der Waals surface area contributed by atoms with Gasteiger partial charge < -0.3 is 4.98 Å². The number of H-pyrrole nitrogens is 1. The van der Waals surface area contributed by atoms with Crippen molar-refractivity contribution >= 4 is 11.0 Å². The Balaban J connectivity index is 2.26. The van der Waals surface area contributed by atoms with Crippen LogP contribution in [0, 0.1) is 5.82 Å². The maximum absolute atomic E-state index is 13.2. The summed E-state index contributed by atoms with van der Waals surface area (Å²) in [6.07, 6.45) is 2.36. The molecule has 0 saturated heterocycles. The molecule has 0 amide bonds. The van der Waals surface area contributed by atoms with Gasteiger partial charge in [-0.05, 0) is 25.0 Å². The van der Waals surface area contributed by atoms with Gasteiger partial charge >= 0.3 is 0 Å². The fourth-order valence-corrected chi connectivity index (χ4v) is 1.57. The first kappa shape index (κ1) is 7.06. The molecule has 0 radical (unpaired) electrons. The summed E-state index contributed by atoms with van der Waals surface area (Å²) in [7, 11) is 0. The molecule has 2 nitrogen and oxygen atoms in total. The fourth-order valence-electron chi connectivity index (χ4n) is 1.57. The molecule has 0 bridgehead atoms. The van der Waals surface area contributed by atoms with E-state index in [1.54, 1.807) is 6.07 Å². The highest BCUT2D eigenvalue weighted by molar-refractivity contribution is 5.75. The Bertz CT molecular complexity index is 457. The normalized spacial score (nSPS) is 16.7. The molecule has 1 fully saturated rings. The van der Waals surface area contributed by atoms with E-state index >= 15 is 0 Å². The zero-order chi connectivity index (χ0) is 8.84. The highest BCUT2D eigenvalue weighted by atomic mass is 19.1. The number of aromatic nitrogens is 2. The van der Waals surface area contributed by atoms with E-state index in [0.29, 0.717) is 11.4 Å². The molecular weight excluding hydrogens is 167 g/mol. The van der Waals surface area contributed by atoms with Crippen molar-refractivity contribution in [2.45, 2.75) is 18.8 Å². The van der Waals surface area contributed by atoms with Crippen LogP contribution in [0.3, 0.4) is 0 Å². The van der Waals surface area contributed by atoms with Crippen molar-refractivity contribution in [1.82, 2.24) is 9.97 Å². The van der Waals surface area contributed by atoms with Crippen molar-refractivity contribution in [2.24, 2.45) is 0 Å². The van der Waals surface area contributed by atoms with Gasteiger partial charge in [-0.1, -0.05) is 6.07 Å². The highest BCUT2D eigenvalue weighted by Crippen LogP contribution is 2.39. The first-order valence-electron chi connectivity index (χ1n) is 4.49. The SMILES string of the molecule is Fc1cccc2[nH]c(C3CC3)nc12. The van der Waals surface area contributed by atoms with Crippen molar-refractivity contribution in [1.29, 1.82) is 0 Å². The summed E-state index contributed by atoms with van der Waals surface area (Å²) in [6.45, 7) is 0. The monoisotopic (exact) mass is 176 g/mol. The van der Waals surface area contributed by atoms with E-state index < -0.39 is 0 Å². The minimum absolute atomic E-state index is 0.236. The summed E-state index contributed by atoms with van der Waals surface area (Å²) in [5.41, 5.74) is 1.28. The molecule has 3 heteroatoms. The van der Waals surface area contributed by atoms with Crippen molar-refractivity contribution in [3.8, 4) is 0 Å². The maximum atomic E-state index is 13.2. The predicted octanol–water partition coefficient (Wildman–Crippen LogP) is 2.58. The minimum Gasteiger partial charge on any atom is -0.342 e. The average molecular weight is 176 g/mol. The number of rotatable bonds is 1. The summed E-state index contributed by atoms with van der Waals surface area (Å²) in [5.74, 6) is 1.26. The van der Waals surface area contributed by atoms with Crippen LogP contribution in [0.1, 0.15) is 24.6 Å². The van der Waals surface area contributed by atoms with Gasteiger partial charge in [0, 0.05) is 5.92 Å². The van der Waals surface area contributed by atoms with Crippen molar-refractivity contribution in [2.75, 3.05) is 0 Å². The third-order valence-electron chi connectivity index (χ3n) is 2.45. The zero-order valence-electron chi connectivity index (χ0n) is 7.05. The van der Waals surface area contributed by atoms with E-state index in [4.69, 9.17) is 0 Å². The zero-order valence-corrected chi connectivity index (χ0v) is 7.05. The molecule has 2 aromatic rings. The number of nitrogens with one attached hydrogen (secondary N) is 1. The molecule has 13 heavy (non-hydrogen) atoms. The fraction of sp³-hybridized carbons (Fsp3) is 0.300. The van der Waals surface area contributed by atoms with Crippen LogP contribution in [0.25, 0.3) is 11.0 Å². The molecular formula is C10H9FN2. The van der Waals surface area contributed by atoms with Crippen LogP contribution in [-0.2, 0) is 0 Å². The summed E-state index contributed by atoms with van der Waals surface area (Å²) in [6, 6.07) is 5.00. The average Bonchev–Trinajstić information content (AvgIpc) is 2.87. The molecule has 3 rings (SSSR count). The number of halogens is 1. The summed E-state index contributed by atoms with van der Waals surface area (Å²) >= 11 is 0. The Morgan fingerprint density at radius 3 is 2.92 bits per heavy atom. The predicted molar refractivity (Wildman–Crippen MR) is 48.0 cm³/mol. The summed E-state index contributed by atoms with van der Waals surface area (Å²) < 4.78 is 13.2. The number of nitrogens with zero attached hydrogens (tertiary/aromatic N) is 1. The second-order valence-corrected chi connectivity index (χ2v) is 3.53. The first-order valence-corrected chi connectivity index (χ1v) is 4.49. The van der Waals surface area contributed by atoms with Crippen LogP contribution >= 0.6 is 0 Å². The van der Waals surface area contributed by atoms with Crippen LogP contribution in [0.15, 0.2) is 18.2 Å². The van der Waals surface area contributed by atoms with E-state index in [9.17, 15) is 4.39 Å². The number of benzene rings is 1. The Hall–Kier alpha value is -1.38. The van der Waals surface area contributed by atoms with Gasteiger partial charge in [0.25, 0.3) is 0 Å². The van der Waals surface area contributed by atoms with Crippen LogP contribution in [0.4, 0.5) is 4.39 Å². The van der Waals surface area contributed by atoms with Gasteiger partial charge in [-0.3, -0.25) is 0 Å². The Kier molecular flexibility index (Phi) is 1.26. The molecule has 1 aromatic heterocycles. The molecule has 1 saturated carbocycles. The second kappa shape index (κ2) is 2.31. The standard InChI is InChI=1S/C10H9FN2/c11-7-2-1-3-8-9(7)13-10(12-8)6-4-5-6/h1-3,6H,4-5H2,(H,12,13). The van der Waals surface area contributed by atoms with Gasteiger partial charge in [0.15, 0.2) is 5.82 Å². The number of imidazole rings is 1. The van der Waals surface area contributed by atoms with Crippen LogP contribution < -0.4 is 0 Å². The van der Waals surface area contributed by atoms with Gasteiger partial charge in [-0.2, -0.15) is 0 Å². The Labute approximate surface area is 74.8 Å². The van der Waals surface area contributed by atoms with Crippen molar-refractivity contribution in [3.05, 3.63) is 29.8 Å². The van der Waals surface area contributed by atoms with E-state index in [2.05, 4.69) is 9.97 Å². The molecule has 1 aliphatic rings. The third kappa shape index (κ3) is 1.03. The molecule has 0 unspecified atom stereocenters. The van der Waals surface area contributed by atoms with Gasteiger partial charge in [-0.25, -0.2) is 9.37 Å². The van der Waals surface area contributed by atoms with Crippen molar-refractivity contribution < 1.29 is 4.39 Å². The minimum atomic E-state index is -0.236. The van der Waals surface area contributed by atoms with E-state index in [1.807, 2.05) is 6.07 Å². The third-order valence-corrected chi connectivity index (χ3v) is 2.45.